The van der Waals surface area contributed by atoms with Gasteiger partial charge in [-0.2, -0.15) is 0 Å². The van der Waals surface area contributed by atoms with Gasteiger partial charge in [0.15, 0.2) is 5.13 Å². The highest BCUT2D eigenvalue weighted by atomic mass is 32.1. The second-order valence-corrected chi connectivity index (χ2v) is 4.85. The van der Waals surface area contributed by atoms with Gasteiger partial charge in [0.2, 0.25) is 0 Å². The van der Waals surface area contributed by atoms with E-state index in [1.54, 1.807) is 26.4 Å². The molecule has 2 aromatic heterocycles. The second-order valence-electron chi connectivity index (χ2n) is 3.85. The third kappa shape index (κ3) is 2.97. The van der Waals surface area contributed by atoms with Gasteiger partial charge in [-0.15, -0.1) is 0 Å². The fourth-order valence-electron chi connectivity index (χ4n) is 1.65. The fraction of sp³-hybridized carbons (Fsp3) is 0.154. The third-order valence-electron chi connectivity index (χ3n) is 2.49. The lowest BCUT2D eigenvalue weighted by Crippen LogP contribution is -1.90. The molecule has 2 rings (SSSR count). The maximum absolute atomic E-state index is 10.8. The molecule has 0 amide bonds. The van der Waals surface area contributed by atoms with Crippen LogP contribution in [0.25, 0.3) is 16.8 Å². The number of nitrogens with zero attached hydrogens (tertiary/aromatic N) is 2. The van der Waals surface area contributed by atoms with Crippen LogP contribution in [0.3, 0.4) is 0 Å². The molecule has 0 aliphatic heterocycles. The van der Waals surface area contributed by atoms with Crippen molar-refractivity contribution >= 4 is 28.0 Å². The molecule has 5 nitrogen and oxygen atoms in total. The molecule has 0 fully saturated rings. The van der Waals surface area contributed by atoms with Crippen molar-refractivity contribution in [3.63, 3.8) is 0 Å². The summed E-state index contributed by atoms with van der Waals surface area (Å²) in [7, 11) is 1.79. The van der Waals surface area contributed by atoms with E-state index in [4.69, 9.17) is 5.11 Å². The first-order valence-corrected chi connectivity index (χ1v) is 6.44. The van der Waals surface area contributed by atoms with Crippen molar-refractivity contribution in [2.45, 2.75) is 6.92 Å². The first-order chi connectivity index (χ1) is 9.11. The number of hydrogen-bond donors (Lipinski definition) is 2. The molecular formula is C13H13N3O2S. The van der Waals surface area contributed by atoms with E-state index in [2.05, 4.69) is 15.3 Å². The summed E-state index contributed by atoms with van der Waals surface area (Å²) in [4.78, 5) is 20.1. The molecule has 0 bridgehead atoms. The average Bonchev–Trinajstić information content (AvgIpc) is 2.83. The molecule has 0 saturated heterocycles. The minimum Gasteiger partial charge on any atom is -0.478 e. The molecule has 98 valence electrons. The van der Waals surface area contributed by atoms with Crippen LogP contribution in [0.4, 0.5) is 5.13 Å². The van der Waals surface area contributed by atoms with Crippen LogP contribution in [-0.2, 0) is 4.79 Å². The lowest BCUT2D eigenvalue weighted by atomic mass is 10.1. The van der Waals surface area contributed by atoms with Gasteiger partial charge in [-0.25, -0.2) is 9.78 Å². The molecule has 0 unspecified atom stereocenters. The van der Waals surface area contributed by atoms with Crippen LogP contribution in [0.15, 0.2) is 30.6 Å². The minimum absolute atomic E-state index is 0.679. The summed E-state index contributed by atoms with van der Waals surface area (Å²) in [6.45, 7) is 1.77. The summed E-state index contributed by atoms with van der Waals surface area (Å²) in [5.74, 6) is -0.961. The SMILES string of the molecule is CNc1nc(-c2ccncc2)c(/C(C)=C/C(=O)O)s1. The fourth-order valence-corrected chi connectivity index (χ4v) is 2.56. The predicted octanol–water partition coefficient (Wildman–Crippen LogP) is 2.73. The highest BCUT2D eigenvalue weighted by Gasteiger charge is 2.14. The van der Waals surface area contributed by atoms with Crippen LogP contribution < -0.4 is 5.32 Å². The van der Waals surface area contributed by atoms with Crippen molar-refractivity contribution in [1.29, 1.82) is 0 Å². The Morgan fingerprint density at radius 1 is 1.42 bits per heavy atom. The summed E-state index contributed by atoms with van der Waals surface area (Å²) >= 11 is 1.43. The molecule has 0 radical (unpaired) electrons. The van der Waals surface area contributed by atoms with Crippen molar-refractivity contribution in [2.75, 3.05) is 12.4 Å². The highest BCUT2D eigenvalue weighted by molar-refractivity contribution is 7.17. The van der Waals surface area contributed by atoms with E-state index in [1.807, 2.05) is 12.1 Å². The van der Waals surface area contributed by atoms with Crippen molar-refractivity contribution in [2.24, 2.45) is 0 Å². The number of nitrogens with one attached hydrogen (secondary N) is 1. The number of allylic oxidation sites excluding steroid dienone is 1. The highest BCUT2D eigenvalue weighted by Crippen LogP contribution is 2.35. The molecule has 0 spiro atoms. The number of aliphatic carboxylic acids is 1. The number of carboxylic acids is 1. The van der Waals surface area contributed by atoms with E-state index in [-0.39, 0.29) is 0 Å². The Morgan fingerprint density at radius 3 is 2.68 bits per heavy atom. The molecule has 2 N–H and O–H groups in total. The van der Waals surface area contributed by atoms with E-state index in [1.165, 1.54) is 17.4 Å². The van der Waals surface area contributed by atoms with Crippen molar-refractivity contribution in [3.8, 4) is 11.3 Å². The molecule has 2 heterocycles. The van der Waals surface area contributed by atoms with Crippen LogP contribution in [0, 0.1) is 0 Å². The van der Waals surface area contributed by atoms with E-state index in [0.29, 0.717) is 5.57 Å². The Morgan fingerprint density at radius 2 is 2.11 bits per heavy atom. The number of anilines is 1. The van der Waals surface area contributed by atoms with Gasteiger partial charge in [0, 0.05) is 31.1 Å². The Kier molecular flexibility index (Phi) is 3.91. The first kappa shape index (κ1) is 13.2. The smallest absolute Gasteiger partial charge is 0.328 e. The van der Waals surface area contributed by atoms with Crippen molar-refractivity contribution in [3.05, 3.63) is 35.5 Å². The molecular weight excluding hydrogens is 262 g/mol. The average molecular weight is 275 g/mol. The topological polar surface area (TPSA) is 75.1 Å². The van der Waals surface area contributed by atoms with Crippen LogP contribution in [0.5, 0.6) is 0 Å². The molecule has 0 aliphatic carbocycles. The Bertz CT molecular complexity index is 620. The molecule has 0 aromatic carbocycles. The van der Waals surface area contributed by atoms with Crippen molar-refractivity contribution < 1.29 is 9.90 Å². The number of pyridine rings is 1. The molecule has 0 atom stereocenters. The zero-order chi connectivity index (χ0) is 13.8. The van der Waals surface area contributed by atoms with Gasteiger partial charge >= 0.3 is 5.97 Å². The third-order valence-corrected chi connectivity index (χ3v) is 3.70. The summed E-state index contributed by atoms with van der Waals surface area (Å²) in [6, 6.07) is 3.71. The normalized spacial score (nSPS) is 11.4. The summed E-state index contributed by atoms with van der Waals surface area (Å²) in [5.41, 5.74) is 2.37. The number of hydrogen-bond acceptors (Lipinski definition) is 5. The Labute approximate surface area is 114 Å². The lowest BCUT2D eigenvalue weighted by molar-refractivity contribution is -0.131. The van der Waals surface area contributed by atoms with Crippen LogP contribution in [-0.4, -0.2) is 28.1 Å². The van der Waals surface area contributed by atoms with Gasteiger partial charge < -0.3 is 10.4 Å². The van der Waals surface area contributed by atoms with E-state index in [9.17, 15) is 4.79 Å². The number of carboxylic acid groups (broad SMARTS) is 1. The molecule has 0 saturated carbocycles. The largest absolute Gasteiger partial charge is 0.478 e. The standard InChI is InChI=1S/C13H13N3O2S/c1-8(7-10(17)18)12-11(16-13(14-2)19-12)9-3-5-15-6-4-9/h3-7H,1-2H3,(H,14,16)(H,17,18)/b8-7+. The van der Waals surface area contributed by atoms with Gasteiger partial charge in [0.25, 0.3) is 0 Å². The predicted molar refractivity (Wildman–Crippen MR) is 76.2 cm³/mol. The second kappa shape index (κ2) is 5.62. The van der Waals surface area contributed by atoms with Gasteiger partial charge in [-0.3, -0.25) is 4.98 Å². The van der Waals surface area contributed by atoms with Gasteiger partial charge in [-0.05, 0) is 24.6 Å². The maximum atomic E-state index is 10.8. The van der Waals surface area contributed by atoms with E-state index >= 15 is 0 Å². The monoisotopic (exact) mass is 275 g/mol. The summed E-state index contributed by atoms with van der Waals surface area (Å²) < 4.78 is 0. The number of rotatable bonds is 4. The zero-order valence-corrected chi connectivity index (χ0v) is 11.4. The number of aromatic nitrogens is 2. The Balaban J connectivity index is 2.55. The maximum Gasteiger partial charge on any atom is 0.328 e. The van der Waals surface area contributed by atoms with Crippen LogP contribution in [0.1, 0.15) is 11.8 Å². The molecule has 6 heteroatoms. The van der Waals surface area contributed by atoms with Crippen molar-refractivity contribution in [1.82, 2.24) is 9.97 Å². The molecule has 2 aromatic rings. The van der Waals surface area contributed by atoms with Gasteiger partial charge in [0.05, 0.1) is 10.6 Å². The minimum atomic E-state index is -0.961. The molecule has 19 heavy (non-hydrogen) atoms. The lowest BCUT2D eigenvalue weighted by Gasteiger charge is -2.01. The van der Waals surface area contributed by atoms with Crippen LogP contribution in [0.2, 0.25) is 0 Å². The zero-order valence-electron chi connectivity index (χ0n) is 10.5. The van der Waals surface area contributed by atoms with E-state index in [0.717, 1.165) is 21.3 Å². The summed E-state index contributed by atoms with van der Waals surface area (Å²) in [6.07, 6.45) is 4.57. The first-order valence-electron chi connectivity index (χ1n) is 5.62. The molecule has 0 aliphatic rings. The van der Waals surface area contributed by atoms with Gasteiger partial charge in [0.1, 0.15) is 0 Å². The number of carbonyl (C=O) groups is 1. The van der Waals surface area contributed by atoms with Gasteiger partial charge in [-0.1, -0.05) is 11.3 Å². The summed E-state index contributed by atoms with van der Waals surface area (Å²) in [5, 5.41) is 12.6. The van der Waals surface area contributed by atoms with Crippen LogP contribution >= 0.6 is 11.3 Å². The Hall–Kier alpha value is -2.21. The quantitative estimate of drug-likeness (QED) is 0.839. The van der Waals surface area contributed by atoms with E-state index < -0.39 is 5.97 Å². The number of thiazole rings is 1.